The molecule has 17 nitrogen and oxygen atoms in total. The van der Waals surface area contributed by atoms with Crippen molar-refractivity contribution in [2.24, 2.45) is 5.73 Å². The number of amides is 3. The highest BCUT2D eigenvalue weighted by Gasteiger charge is 2.33. The third-order valence-corrected chi connectivity index (χ3v) is 8.19. The van der Waals surface area contributed by atoms with Crippen LogP contribution in [0.15, 0.2) is 13.4 Å². The number of nitrogens with one attached hydrogen (secondary N) is 3. The van der Waals surface area contributed by atoms with Crippen molar-refractivity contribution in [3.63, 3.8) is 0 Å². The lowest BCUT2D eigenvalue weighted by Gasteiger charge is -2.26. The Balaban J connectivity index is 3.35. The second-order valence-electron chi connectivity index (χ2n) is 8.84. The molecule has 0 aliphatic carbocycles. The first kappa shape index (κ1) is 38.7. The van der Waals surface area contributed by atoms with Crippen LogP contribution in [0.3, 0.4) is 0 Å². The molecule has 0 aliphatic rings. The van der Waals surface area contributed by atoms with Gasteiger partial charge < -0.3 is 72.7 Å². The van der Waals surface area contributed by atoms with E-state index in [4.69, 9.17) is 15.9 Å². The van der Waals surface area contributed by atoms with Crippen molar-refractivity contribution >= 4 is 71.2 Å². The number of nitrogens with two attached hydrogens (primary N) is 1. The van der Waals surface area contributed by atoms with Gasteiger partial charge in [0, 0.05) is 17.6 Å². The van der Waals surface area contributed by atoms with Crippen LogP contribution in [-0.2, 0) is 4.79 Å². The maximum absolute atomic E-state index is 13.1. The van der Waals surface area contributed by atoms with Crippen molar-refractivity contribution in [3.05, 3.63) is 24.5 Å². The monoisotopic (exact) mass is 798 g/mol. The molecular weight excluding hydrogens is 768 g/mol. The lowest BCUT2D eigenvalue weighted by Crippen LogP contribution is -2.50. The van der Waals surface area contributed by atoms with Crippen molar-refractivity contribution in [2.45, 2.75) is 48.8 Å². The molecule has 0 saturated heterocycles. The summed E-state index contributed by atoms with van der Waals surface area (Å²) in [5.41, 5.74) is 4.56. The summed E-state index contributed by atoms with van der Waals surface area (Å²) in [6.07, 6.45) is -15.1. The number of carbonyl (C=O) groups is 3. The van der Waals surface area contributed by atoms with Crippen LogP contribution >= 0.6 is 47.8 Å². The van der Waals surface area contributed by atoms with Gasteiger partial charge in [-0.25, -0.2) is 0 Å². The Bertz CT molecular complexity index is 1030. The molecule has 240 valence electrons. The molecule has 3 amide bonds. The normalized spacial score (nSPS) is 17.3. The molecule has 0 spiro atoms. The standard InChI is InChI=1S/C22H33Br3N4O13/c23-13-11(21(41)27-2-6(32)17(37)19(39)8(34)4-30)14(24)16(29-10(36)1-26)15(25)12(13)22(42)28-3-7(33)18(38)20(40)9(35)5-31/h6-9,17-20,30-35,37-40H,1-5,26H2,(H,27,41)(H,28,42)(H,29,36). The molecule has 0 fully saturated rings. The Kier molecular flexibility index (Phi) is 16.4. The average Bonchev–Trinajstić information content (AvgIpc) is 2.97. The number of rotatable bonds is 16. The SMILES string of the molecule is NCC(=O)Nc1c(Br)c(C(=O)NCC(O)C(O)C(O)C(O)CO)c(Br)c(C(=O)NCC(O)C(O)C(O)C(O)CO)c1Br. The summed E-state index contributed by atoms with van der Waals surface area (Å²) in [7, 11) is 0. The van der Waals surface area contributed by atoms with Crippen LogP contribution < -0.4 is 21.7 Å². The zero-order valence-corrected chi connectivity index (χ0v) is 26.3. The maximum Gasteiger partial charge on any atom is 0.253 e. The fraction of sp³-hybridized carbons (Fsp3) is 0.591. The zero-order valence-electron chi connectivity index (χ0n) is 21.6. The largest absolute Gasteiger partial charge is 0.394 e. The van der Waals surface area contributed by atoms with E-state index in [1.807, 2.05) is 0 Å². The minimum Gasteiger partial charge on any atom is -0.394 e. The molecule has 20 heteroatoms. The van der Waals surface area contributed by atoms with Gasteiger partial charge in [0.25, 0.3) is 11.8 Å². The first-order valence-corrected chi connectivity index (χ1v) is 14.4. The second kappa shape index (κ2) is 17.8. The summed E-state index contributed by atoms with van der Waals surface area (Å²) in [5.74, 6) is -2.71. The fourth-order valence-electron chi connectivity index (χ4n) is 3.30. The van der Waals surface area contributed by atoms with Gasteiger partial charge in [0.1, 0.15) is 36.6 Å². The minimum absolute atomic E-state index is 0.0838. The molecule has 0 aliphatic heterocycles. The molecule has 8 unspecified atom stereocenters. The summed E-state index contributed by atoms with van der Waals surface area (Å²) in [5, 5.41) is 103. The Morgan fingerprint density at radius 3 is 1.26 bits per heavy atom. The van der Waals surface area contributed by atoms with Crippen molar-refractivity contribution in [2.75, 3.05) is 38.2 Å². The Labute approximate surface area is 263 Å². The first-order chi connectivity index (χ1) is 19.5. The van der Waals surface area contributed by atoms with E-state index in [1.165, 1.54) is 0 Å². The molecule has 42 heavy (non-hydrogen) atoms. The van der Waals surface area contributed by atoms with Gasteiger partial charge in [-0.3, -0.25) is 14.4 Å². The van der Waals surface area contributed by atoms with Gasteiger partial charge in [-0.05, 0) is 47.8 Å². The van der Waals surface area contributed by atoms with Crippen molar-refractivity contribution in [1.82, 2.24) is 10.6 Å². The van der Waals surface area contributed by atoms with Crippen LogP contribution in [0.2, 0.25) is 0 Å². The summed E-state index contributed by atoms with van der Waals surface area (Å²) >= 11 is 9.46. The Morgan fingerprint density at radius 1 is 0.619 bits per heavy atom. The molecule has 0 aromatic heterocycles. The molecule has 0 heterocycles. The van der Waals surface area contributed by atoms with Crippen molar-refractivity contribution in [3.8, 4) is 0 Å². The molecule has 8 atom stereocenters. The van der Waals surface area contributed by atoms with Crippen LogP contribution in [0.25, 0.3) is 0 Å². The molecule has 1 rings (SSSR count). The highest BCUT2D eigenvalue weighted by atomic mass is 79.9. The molecule has 0 radical (unpaired) electrons. The number of carbonyl (C=O) groups excluding carboxylic acids is 3. The molecule has 15 N–H and O–H groups in total. The molecular formula is C22H33Br3N4O13. The van der Waals surface area contributed by atoms with Gasteiger partial charge in [0.15, 0.2) is 0 Å². The van der Waals surface area contributed by atoms with Crippen LogP contribution in [0.5, 0.6) is 0 Å². The Morgan fingerprint density at radius 2 is 0.952 bits per heavy atom. The number of halogens is 3. The lowest BCUT2D eigenvalue weighted by atomic mass is 10.0. The van der Waals surface area contributed by atoms with Crippen LogP contribution in [0, 0.1) is 0 Å². The van der Waals surface area contributed by atoms with Gasteiger partial charge in [-0.15, -0.1) is 0 Å². The predicted octanol–water partition coefficient (Wildman–Crippen LogP) is -4.80. The summed E-state index contributed by atoms with van der Waals surface area (Å²) in [4.78, 5) is 38.4. The summed E-state index contributed by atoms with van der Waals surface area (Å²) < 4.78 is -0.363. The van der Waals surface area contributed by atoms with E-state index in [1.54, 1.807) is 0 Å². The van der Waals surface area contributed by atoms with Gasteiger partial charge in [-0.1, -0.05) is 0 Å². The van der Waals surface area contributed by atoms with Crippen molar-refractivity contribution in [1.29, 1.82) is 0 Å². The van der Waals surface area contributed by atoms with Crippen molar-refractivity contribution < 1.29 is 65.4 Å². The van der Waals surface area contributed by atoms with E-state index in [0.717, 1.165) is 0 Å². The van der Waals surface area contributed by atoms with Crippen LogP contribution in [0.1, 0.15) is 20.7 Å². The average molecular weight is 801 g/mol. The molecule has 1 aromatic carbocycles. The van der Waals surface area contributed by atoms with E-state index in [0.29, 0.717) is 0 Å². The quantitative estimate of drug-likeness (QED) is 0.0747. The van der Waals surface area contributed by atoms with Gasteiger partial charge >= 0.3 is 0 Å². The first-order valence-electron chi connectivity index (χ1n) is 12.0. The minimum atomic E-state index is -1.98. The third kappa shape index (κ3) is 9.82. The summed E-state index contributed by atoms with van der Waals surface area (Å²) in [6, 6.07) is 0. The second-order valence-corrected chi connectivity index (χ2v) is 11.2. The smallest absolute Gasteiger partial charge is 0.253 e. The number of anilines is 1. The fourth-order valence-corrected chi connectivity index (χ4v) is 6.21. The highest BCUT2D eigenvalue weighted by Crippen LogP contribution is 2.42. The summed E-state index contributed by atoms with van der Waals surface area (Å²) in [6.45, 7) is -3.71. The van der Waals surface area contributed by atoms with E-state index in [2.05, 4.69) is 63.7 Å². The zero-order chi connectivity index (χ0) is 32.5. The molecule has 0 saturated carbocycles. The topological polar surface area (TPSA) is 316 Å². The van der Waals surface area contributed by atoms with E-state index < -0.39 is 99.4 Å². The van der Waals surface area contributed by atoms with Crippen LogP contribution in [-0.4, -0.2) is 150 Å². The number of benzene rings is 1. The predicted molar refractivity (Wildman–Crippen MR) is 154 cm³/mol. The van der Waals surface area contributed by atoms with E-state index in [-0.39, 0.29) is 30.2 Å². The highest BCUT2D eigenvalue weighted by molar-refractivity contribution is 9.11. The van der Waals surface area contributed by atoms with Gasteiger partial charge in [0.05, 0.1) is 57.7 Å². The molecule has 1 aromatic rings. The molecule has 0 bridgehead atoms. The number of hydrogen-bond acceptors (Lipinski definition) is 14. The number of aliphatic hydroxyl groups excluding tert-OH is 10. The van der Waals surface area contributed by atoms with E-state index in [9.17, 15) is 55.2 Å². The number of aliphatic hydroxyl groups is 10. The number of hydrogen-bond donors (Lipinski definition) is 14. The van der Waals surface area contributed by atoms with Gasteiger partial charge in [0.2, 0.25) is 5.91 Å². The third-order valence-electron chi connectivity index (χ3n) is 5.82. The lowest BCUT2D eigenvalue weighted by molar-refractivity contribution is -0.114. The van der Waals surface area contributed by atoms with E-state index >= 15 is 0 Å². The van der Waals surface area contributed by atoms with Gasteiger partial charge in [-0.2, -0.15) is 0 Å². The van der Waals surface area contributed by atoms with Crippen LogP contribution in [0.4, 0.5) is 5.69 Å². The Hall–Kier alpha value is -1.37. The maximum atomic E-state index is 13.1.